The number of ether oxygens (including phenoxy) is 1. The van der Waals surface area contributed by atoms with E-state index in [1.807, 2.05) is 54.6 Å². The first-order chi connectivity index (χ1) is 11.3. The van der Waals surface area contributed by atoms with E-state index in [-0.39, 0.29) is 5.91 Å². The van der Waals surface area contributed by atoms with Gasteiger partial charge in [0, 0.05) is 6.54 Å². The molecule has 3 rings (SSSR count). The van der Waals surface area contributed by atoms with E-state index in [0.29, 0.717) is 18.7 Å². The molecule has 5 nitrogen and oxygen atoms in total. The Morgan fingerprint density at radius 3 is 2.61 bits per heavy atom. The van der Waals surface area contributed by atoms with Gasteiger partial charge in [0.1, 0.15) is 18.1 Å². The third kappa shape index (κ3) is 4.32. The first-order valence-electron chi connectivity index (χ1n) is 7.69. The molecule has 1 saturated heterocycles. The van der Waals surface area contributed by atoms with Gasteiger partial charge in [-0.05, 0) is 42.7 Å². The largest absolute Gasteiger partial charge is 0.489 e. The van der Waals surface area contributed by atoms with Crippen molar-refractivity contribution < 1.29 is 9.53 Å². The maximum Gasteiger partial charge on any atom is 0.267 e. The van der Waals surface area contributed by atoms with Crippen LogP contribution in [0.2, 0.25) is 0 Å². The minimum Gasteiger partial charge on any atom is -0.489 e. The SMILES string of the molecule is O=C1NCCCC1=NNc1ccc(OCc2ccccc2)cc1. The molecule has 0 unspecified atom stereocenters. The third-order valence-electron chi connectivity index (χ3n) is 3.56. The number of rotatable bonds is 5. The quantitative estimate of drug-likeness (QED) is 0.835. The molecule has 0 bridgehead atoms. The standard InChI is InChI=1S/C18H19N3O2/c22-18-17(7-4-12-19-18)21-20-15-8-10-16(11-9-15)23-13-14-5-2-1-3-6-14/h1-3,5-6,8-11,20H,4,7,12-13H2,(H,19,22). The Kier molecular flexibility index (Phi) is 4.88. The van der Waals surface area contributed by atoms with Gasteiger partial charge in [0.2, 0.25) is 0 Å². The van der Waals surface area contributed by atoms with Crippen LogP contribution in [0.1, 0.15) is 18.4 Å². The summed E-state index contributed by atoms with van der Waals surface area (Å²) in [6, 6.07) is 17.5. The molecule has 1 heterocycles. The molecular weight excluding hydrogens is 290 g/mol. The van der Waals surface area contributed by atoms with Crippen LogP contribution in [0.15, 0.2) is 59.7 Å². The summed E-state index contributed by atoms with van der Waals surface area (Å²) in [5.41, 5.74) is 5.41. The summed E-state index contributed by atoms with van der Waals surface area (Å²) in [5, 5.41) is 6.95. The Hall–Kier alpha value is -2.82. The highest BCUT2D eigenvalue weighted by Crippen LogP contribution is 2.17. The average Bonchev–Trinajstić information content (AvgIpc) is 2.61. The molecule has 0 spiro atoms. The first kappa shape index (κ1) is 15.1. The molecular formula is C18H19N3O2. The van der Waals surface area contributed by atoms with Crippen molar-refractivity contribution in [1.29, 1.82) is 0 Å². The van der Waals surface area contributed by atoms with E-state index in [9.17, 15) is 4.79 Å². The van der Waals surface area contributed by atoms with Crippen molar-refractivity contribution in [1.82, 2.24) is 5.32 Å². The number of nitrogens with one attached hydrogen (secondary N) is 2. The van der Waals surface area contributed by atoms with E-state index < -0.39 is 0 Å². The molecule has 23 heavy (non-hydrogen) atoms. The van der Waals surface area contributed by atoms with E-state index in [0.717, 1.165) is 30.0 Å². The van der Waals surface area contributed by atoms with Crippen LogP contribution < -0.4 is 15.5 Å². The van der Waals surface area contributed by atoms with Crippen molar-refractivity contribution in [3.8, 4) is 5.75 Å². The second-order valence-electron chi connectivity index (χ2n) is 5.33. The number of hydrogen-bond donors (Lipinski definition) is 2. The van der Waals surface area contributed by atoms with Gasteiger partial charge in [-0.2, -0.15) is 5.10 Å². The van der Waals surface area contributed by atoms with Crippen LogP contribution in [0, 0.1) is 0 Å². The monoisotopic (exact) mass is 309 g/mol. The summed E-state index contributed by atoms with van der Waals surface area (Å²) in [5.74, 6) is 0.703. The van der Waals surface area contributed by atoms with Gasteiger partial charge in [-0.15, -0.1) is 0 Å². The number of benzene rings is 2. The molecule has 1 aliphatic heterocycles. The predicted octanol–water partition coefficient (Wildman–Crippen LogP) is 2.94. The molecule has 0 saturated carbocycles. The highest BCUT2D eigenvalue weighted by Gasteiger charge is 2.15. The number of carbonyl (C=O) groups excluding carboxylic acids is 1. The van der Waals surface area contributed by atoms with Gasteiger partial charge in [-0.1, -0.05) is 30.3 Å². The summed E-state index contributed by atoms with van der Waals surface area (Å²) in [4.78, 5) is 11.6. The highest BCUT2D eigenvalue weighted by atomic mass is 16.5. The molecule has 1 fully saturated rings. The van der Waals surface area contributed by atoms with Crippen molar-refractivity contribution >= 4 is 17.3 Å². The zero-order valence-electron chi connectivity index (χ0n) is 12.8. The smallest absolute Gasteiger partial charge is 0.267 e. The molecule has 2 aromatic rings. The van der Waals surface area contributed by atoms with Gasteiger partial charge in [-0.25, -0.2) is 0 Å². The fourth-order valence-corrected chi connectivity index (χ4v) is 2.28. The number of carbonyl (C=O) groups is 1. The van der Waals surface area contributed by atoms with Gasteiger partial charge in [0.05, 0.1) is 5.69 Å². The second-order valence-corrected chi connectivity index (χ2v) is 5.33. The van der Waals surface area contributed by atoms with Crippen molar-refractivity contribution in [3.63, 3.8) is 0 Å². The zero-order chi connectivity index (χ0) is 15.9. The van der Waals surface area contributed by atoms with Gasteiger partial charge in [0.25, 0.3) is 5.91 Å². The van der Waals surface area contributed by atoms with Crippen LogP contribution in [-0.4, -0.2) is 18.2 Å². The number of piperidine rings is 1. The summed E-state index contributed by atoms with van der Waals surface area (Å²) in [7, 11) is 0. The Labute approximate surface area is 135 Å². The fourth-order valence-electron chi connectivity index (χ4n) is 2.28. The lowest BCUT2D eigenvalue weighted by Gasteiger charge is -2.13. The van der Waals surface area contributed by atoms with Crippen molar-refractivity contribution in [3.05, 3.63) is 60.2 Å². The van der Waals surface area contributed by atoms with Crippen molar-refractivity contribution in [2.45, 2.75) is 19.4 Å². The summed E-state index contributed by atoms with van der Waals surface area (Å²) in [6.45, 7) is 1.27. The molecule has 0 aliphatic carbocycles. The molecule has 5 heteroatoms. The van der Waals surface area contributed by atoms with E-state index in [1.54, 1.807) is 0 Å². The van der Waals surface area contributed by atoms with Gasteiger partial charge in [-0.3, -0.25) is 10.2 Å². The van der Waals surface area contributed by atoms with Crippen molar-refractivity contribution in [2.75, 3.05) is 12.0 Å². The van der Waals surface area contributed by atoms with Crippen LogP contribution in [0.4, 0.5) is 5.69 Å². The zero-order valence-corrected chi connectivity index (χ0v) is 12.8. The molecule has 0 atom stereocenters. The molecule has 2 aromatic carbocycles. The van der Waals surface area contributed by atoms with E-state index >= 15 is 0 Å². The maximum atomic E-state index is 11.6. The first-order valence-corrected chi connectivity index (χ1v) is 7.69. The molecule has 1 amide bonds. The lowest BCUT2D eigenvalue weighted by molar-refractivity contribution is -0.115. The summed E-state index contributed by atoms with van der Waals surface area (Å²) in [6.07, 6.45) is 1.63. The molecule has 0 aromatic heterocycles. The lowest BCUT2D eigenvalue weighted by atomic mass is 10.1. The fraction of sp³-hybridized carbons (Fsp3) is 0.222. The van der Waals surface area contributed by atoms with Crippen LogP contribution in [0.25, 0.3) is 0 Å². The maximum absolute atomic E-state index is 11.6. The van der Waals surface area contributed by atoms with Gasteiger partial charge >= 0.3 is 0 Å². The van der Waals surface area contributed by atoms with Gasteiger partial charge in [0.15, 0.2) is 0 Å². The topological polar surface area (TPSA) is 62.7 Å². The minimum absolute atomic E-state index is 0.0911. The minimum atomic E-state index is -0.0911. The Morgan fingerprint density at radius 2 is 1.87 bits per heavy atom. The van der Waals surface area contributed by atoms with Crippen LogP contribution in [0.3, 0.4) is 0 Å². The van der Waals surface area contributed by atoms with Crippen LogP contribution >= 0.6 is 0 Å². The van der Waals surface area contributed by atoms with E-state index in [1.165, 1.54) is 0 Å². The number of hydrazone groups is 1. The van der Waals surface area contributed by atoms with Crippen molar-refractivity contribution in [2.24, 2.45) is 5.10 Å². The Balaban J connectivity index is 1.54. The lowest BCUT2D eigenvalue weighted by Crippen LogP contribution is -2.37. The second kappa shape index (κ2) is 7.45. The Morgan fingerprint density at radius 1 is 1.09 bits per heavy atom. The van der Waals surface area contributed by atoms with Crippen LogP contribution in [0.5, 0.6) is 5.75 Å². The normalized spacial score (nSPS) is 16.0. The summed E-state index contributed by atoms with van der Waals surface area (Å²) < 4.78 is 5.73. The third-order valence-corrected chi connectivity index (χ3v) is 3.56. The van der Waals surface area contributed by atoms with Gasteiger partial charge < -0.3 is 10.1 Å². The average molecular weight is 309 g/mol. The number of nitrogens with zero attached hydrogens (tertiary/aromatic N) is 1. The van der Waals surface area contributed by atoms with Crippen LogP contribution in [-0.2, 0) is 11.4 Å². The molecule has 2 N–H and O–H groups in total. The molecule has 118 valence electrons. The number of amides is 1. The van der Waals surface area contributed by atoms with E-state index in [4.69, 9.17) is 4.74 Å². The summed E-state index contributed by atoms with van der Waals surface area (Å²) >= 11 is 0. The highest BCUT2D eigenvalue weighted by molar-refractivity contribution is 6.39. The predicted molar refractivity (Wildman–Crippen MR) is 90.5 cm³/mol. The molecule has 0 radical (unpaired) electrons. The number of anilines is 1. The molecule has 1 aliphatic rings. The van der Waals surface area contributed by atoms with E-state index in [2.05, 4.69) is 15.8 Å². The number of hydrogen-bond acceptors (Lipinski definition) is 4. The Bertz CT molecular complexity index is 681.